The molecule has 0 fully saturated rings. The molecule has 0 aliphatic heterocycles. The minimum atomic E-state index is -0.376. The number of amides is 1. The highest BCUT2D eigenvalue weighted by Gasteiger charge is 2.16. The molecule has 2 aromatic heterocycles. The molecule has 1 aromatic carbocycles. The fraction of sp³-hybridized carbons (Fsp3) is 0.278. The van der Waals surface area contributed by atoms with Crippen LogP contribution in [0.5, 0.6) is 0 Å². The van der Waals surface area contributed by atoms with Gasteiger partial charge in [0.25, 0.3) is 5.91 Å². The number of benzene rings is 1. The number of rotatable bonds is 5. The van der Waals surface area contributed by atoms with Crippen LogP contribution in [0.15, 0.2) is 36.4 Å². The van der Waals surface area contributed by atoms with Gasteiger partial charge in [0, 0.05) is 17.3 Å². The molecule has 0 saturated carbocycles. The first-order chi connectivity index (χ1) is 11.9. The van der Waals surface area contributed by atoms with E-state index in [1.54, 1.807) is 24.3 Å². The zero-order chi connectivity index (χ0) is 18.0. The van der Waals surface area contributed by atoms with Crippen LogP contribution in [0.25, 0.3) is 11.3 Å². The van der Waals surface area contributed by atoms with E-state index < -0.39 is 0 Å². The second-order valence-corrected chi connectivity index (χ2v) is 6.13. The minimum Gasteiger partial charge on any atom is -0.346 e. The molecule has 130 valence electrons. The average molecular weight is 341 g/mol. The quantitative estimate of drug-likeness (QED) is 0.749. The summed E-state index contributed by atoms with van der Waals surface area (Å²) in [4.78, 5) is 12.4. The fourth-order valence-electron chi connectivity index (χ4n) is 2.71. The Morgan fingerprint density at radius 3 is 2.76 bits per heavy atom. The molecule has 1 atom stereocenters. The van der Waals surface area contributed by atoms with Crippen molar-refractivity contribution in [3.05, 3.63) is 59.3 Å². The van der Waals surface area contributed by atoms with Crippen molar-refractivity contribution in [2.45, 2.75) is 33.4 Å². The van der Waals surface area contributed by atoms with Crippen molar-refractivity contribution >= 4 is 5.91 Å². The van der Waals surface area contributed by atoms with Gasteiger partial charge in [-0.3, -0.25) is 14.6 Å². The summed E-state index contributed by atoms with van der Waals surface area (Å²) >= 11 is 0. The Bertz CT molecular complexity index is 899. The van der Waals surface area contributed by atoms with Crippen LogP contribution in [-0.4, -0.2) is 31.9 Å². The Morgan fingerprint density at radius 2 is 2.08 bits per heavy atom. The van der Waals surface area contributed by atoms with E-state index in [4.69, 9.17) is 0 Å². The smallest absolute Gasteiger partial charge is 0.269 e. The van der Waals surface area contributed by atoms with Gasteiger partial charge in [0.1, 0.15) is 11.5 Å². The van der Waals surface area contributed by atoms with E-state index in [0.717, 1.165) is 11.4 Å². The van der Waals surface area contributed by atoms with Crippen LogP contribution in [0.4, 0.5) is 4.39 Å². The number of aromatic nitrogens is 4. The van der Waals surface area contributed by atoms with Crippen LogP contribution in [0, 0.1) is 19.7 Å². The van der Waals surface area contributed by atoms with Gasteiger partial charge in [-0.1, -0.05) is 12.1 Å². The summed E-state index contributed by atoms with van der Waals surface area (Å²) in [6.07, 6.45) is 0. The maximum Gasteiger partial charge on any atom is 0.269 e. The van der Waals surface area contributed by atoms with E-state index in [1.807, 2.05) is 31.5 Å². The van der Waals surface area contributed by atoms with Crippen LogP contribution in [0.1, 0.15) is 28.8 Å². The average Bonchev–Trinajstić information content (AvgIpc) is 3.15. The number of carbonyl (C=O) groups is 1. The molecule has 2 N–H and O–H groups in total. The molecule has 0 spiro atoms. The third-order valence-corrected chi connectivity index (χ3v) is 3.90. The number of carbonyl (C=O) groups excluding carboxylic acids is 1. The summed E-state index contributed by atoms with van der Waals surface area (Å²) < 4.78 is 15.7. The van der Waals surface area contributed by atoms with Crippen LogP contribution in [0.3, 0.4) is 0 Å². The van der Waals surface area contributed by atoms with Gasteiger partial charge in [0.15, 0.2) is 0 Å². The standard InChI is InChI=1S/C18H20FN5O/c1-11-8-13(3)24(23-11)10-12(2)20-18(25)17-9-16(21-22-17)14-6-4-5-7-15(14)19/h4-9,12H,10H2,1-3H3,(H,20,25)(H,21,22)/t12-/m1/s1. The minimum absolute atomic E-state index is 0.120. The lowest BCUT2D eigenvalue weighted by Gasteiger charge is -2.14. The number of halogens is 1. The lowest BCUT2D eigenvalue weighted by Crippen LogP contribution is -2.36. The van der Waals surface area contributed by atoms with Gasteiger partial charge in [0.2, 0.25) is 0 Å². The van der Waals surface area contributed by atoms with Gasteiger partial charge < -0.3 is 5.32 Å². The zero-order valence-electron chi connectivity index (χ0n) is 14.4. The number of nitrogens with one attached hydrogen (secondary N) is 2. The Morgan fingerprint density at radius 1 is 1.32 bits per heavy atom. The Balaban J connectivity index is 1.67. The first kappa shape index (κ1) is 16.9. The number of aromatic amines is 1. The van der Waals surface area contributed by atoms with Crippen molar-refractivity contribution in [3.8, 4) is 11.3 Å². The highest BCUT2D eigenvalue weighted by atomic mass is 19.1. The fourth-order valence-corrected chi connectivity index (χ4v) is 2.71. The van der Waals surface area contributed by atoms with Crippen molar-refractivity contribution < 1.29 is 9.18 Å². The van der Waals surface area contributed by atoms with Crippen LogP contribution < -0.4 is 5.32 Å². The topological polar surface area (TPSA) is 75.6 Å². The molecule has 7 heteroatoms. The second kappa shape index (κ2) is 6.88. The molecule has 0 aliphatic carbocycles. The molecule has 2 heterocycles. The van der Waals surface area contributed by atoms with E-state index in [1.165, 1.54) is 6.07 Å². The molecular weight excluding hydrogens is 321 g/mol. The SMILES string of the molecule is Cc1cc(C)n(C[C@@H](C)NC(=O)c2cc(-c3ccccc3F)n[nH]2)n1. The van der Waals surface area contributed by atoms with Crippen LogP contribution in [0.2, 0.25) is 0 Å². The molecule has 0 bridgehead atoms. The third kappa shape index (κ3) is 3.76. The summed E-state index contributed by atoms with van der Waals surface area (Å²) in [5.74, 6) is -0.664. The molecule has 0 radical (unpaired) electrons. The molecule has 0 aliphatic rings. The van der Waals surface area contributed by atoms with E-state index in [9.17, 15) is 9.18 Å². The van der Waals surface area contributed by atoms with Gasteiger partial charge >= 0.3 is 0 Å². The van der Waals surface area contributed by atoms with Gasteiger partial charge in [-0.25, -0.2) is 4.39 Å². The largest absolute Gasteiger partial charge is 0.346 e. The normalized spacial score (nSPS) is 12.2. The highest BCUT2D eigenvalue weighted by molar-refractivity contribution is 5.93. The van der Waals surface area contributed by atoms with Crippen LogP contribution in [-0.2, 0) is 6.54 Å². The predicted molar refractivity (Wildman–Crippen MR) is 92.6 cm³/mol. The second-order valence-electron chi connectivity index (χ2n) is 6.13. The summed E-state index contributed by atoms with van der Waals surface area (Å²) in [6.45, 7) is 6.38. The Hall–Kier alpha value is -2.96. The van der Waals surface area contributed by atoms with Gasteiger partial charge in [-0.2, -0.15) is 10.2 Å². The molecule has 1 amide bonds. The van der Waals surface area contributed by atoms with Crippen LogP contribution >= 0.6 is 0 Å². The van der Waals surface area contributed by atoms with Crippen molar-refractivity contribution in [1.82, 2.24) is 25.3 Å². The summed E-state index contributed by atoms with van der Waals surface area (Å²) in [5.41, 5.74) is 3.03. The maximum atomic E-state index is 13.8. The molecule has 3 rings (SSSR count). The Labute approximate surface area is 145 Å². The maximum absolute atomic E-state index is 13.8. The van der Waals surface area contributed by atoms with E-state index in [-0.39, 0.29) is 17.8 Å². The third-order valence-electron chi connectivity index (χ3n) is 3.90. The molecule has 25 heavy (non-hydrogen) atoms. The number of nitrogens with zero attached hydrogens (tertiary/aromatic N) is 3. The first-order valence-corrected chi connectivity index (χ1v) is 8.06. The van der Waals surface area contributed by atoms with E-state index in [0.29, 0.717) is 23.5 Å². The summed E-state index contributed by atoms with van der Waals surface area (Å²) in [5, 5.41) is 14.0. The lowest BCUT2D eigenvalue weighted by molar-refractivity contribution is 0.0930. The van der Waals surface area contributed by atoms with Crippen molar-refractivity contribution in [3.63, 3.8) is 0 Å². The van der Waals surface area contributed by atoms with Crippen molar-refractivity contribution in [2.75, 3.05) is 0 Å². The summed E-state index contributed by atoms with van der Waals surface area (Å²) in [7, 11) is 0. The molecule has 0 unspecified atom stereocenters. The number of aryl methyl sites for hydroxylation is 2. The van der Waals surface area contributed by atoms with Crippen molar-refractivity contribution in [1.29, 1.82) is 0 Å². The number of H-pyrrole nitrogens is 1. The molecule has 6 nitrogen and oxygen atoms in total. The van der Waals surface area contributed by atoms with Gasteiger partial charge in [-0.05, 0) is 45.0 Å². The lowest BCUT2D eigenvalue weighted by atomic mass is 10.1. The van der Waals surface area contributed by atoms with Crippen molar-refractivity contribution in [2.24, 2.45) is 0 Å². The van der Waals surface area contributed by atoms with Gasteiger partial charge in [0.05, 0.1) is 17.9 Å². The monoisotopic (exact) mass is 341 g/mol. The predicted octanol–water partition coefficient (Wildman–Crippen LogP) is 2.85. The molecular formula is C18H20FN5O. The summed E-state index contributed by atoms with van der Waals surface area (Å²) in [6, 6.07) is 9.74. The Kier molecular flexibility index (Phi) is 4.65. The van der Waals surface area contributed by atoms with E-state index >= 15 is 0 Å². The molecule has 0 saturated heterocycles. The number of hydrogen-bond donors (Lipinski definition) is 2. The van der Waals surface area contributed by atoms with Gasteiger partial charge in [-0.15, -0.1) is 0 Å². The van der Waals surface area contributed by atoms with E-state index in [2.05, 4.69) is 20.6 Å². The first-order valence-electron chi connectivity index (χ1n) is 8.06. The number of hydrogen-bond acceptors (Lipinski definition) is 3. The molecule has 3 aromatic rings. The highest BCUT2D eigenvalue weighted by Crippen LogP contribution is 2.20. The zero-order valence-corrected chi connectivity index (χ0v) is 14.4.